The van der Waals surface area contributed by atoms with E-state index in [0.29, 0.717) is 42.0 Å². The molecule has 2 N–H and O–H groups in total. The van der Waals surface area contributed by atoms with Crippen LogP contribution in [0.3, 0.4) is 0 Å². The molecule has 4 rings (SSSR count). The van der Waals surface area contributed by atoms with Crippen molar-refractivity contribution in [3.8, 4) is 5.75 Å². The van der Waals surface area contributed by atoms with Crippen molar-refractivity contribution < 1.29 is 27.1 Å². The quantitative estimate of drug-likeness (QED) is 0.691. The molecule has 10 heteroatoms. The van der Waals surface area contributed by atoms with Crippen molar-refractivity contribution in [2.45, 2.75) is 44.1 Å². The van der Waals surface area contributed by atoms with Gasteiger partial charge in [-0.2, -0.15) is 4.31 Å². The number of nitrogens with one attached hydrogen (secondary N) is 2. The second kappa shape index (κ2) is 9.11. The molecule has 0 bridgehead atoms. The second-order valence-corrected chi connectivity index (χ2v) is 10.2. The average Bonchev–Trinajstić information content (AvgIpc) is 2.78. The number of fused-ring (bicyclic) bond motifs is 1. The Labute approximate surface area is 192 Å². The summed E-state index contributed by atoms with van der Waals surface area (Å²) >= 11 is 0. The summed E-state index contributed by atoms with van der Waals surface area (Å²) in [6.07, 6.45) is 0.513. The highest BCUT2D eigenvalue weighted by Crippen LogP contribution is 2.36. The van der Waals surface area contributed by atoms with Crippen LogP contribution in [0.1, 0.15) is 31.7 Å². The highest BCUT2D eigenvalue weighted by atomic mass is 32.2. The maximum absolute atomic E-state index is 13.4. The number of hydrogen-bond donors (Lipinski definition) is 2. The van der Waals surface area contributed by atoms with Gasteiger partial charge in [-0.3, -0.25) is 9.59 Å². The number of carbonyl (C=O) groups excluding carboxylic acids is 2. The Balaban J connectivity index is 1.46. The molecule has 2 aromatic rings. The van der Waals surface area contributed by atoms with E-state index < -0.39 is 21.9 Å². The Morgan fingerprint density at radius 2 is 1.97 bits per heavy atom. The Morgan fingerprint density at radius 3 is 2.64 bits per heavy atom. The fourth-order valence-corrected chi connectivity index (χ4v) is 5.83. The molecule has 176 valence electrons. The number of carbonyl (C=O) groups is 2. The standard InChI is InChI=1S/C23H26FN3O5S/c1-3-19-23(29)26-18-11-14(2)21(13-20(18)32-19)33(30,31)27-9-7-15(8-10-27)22(28)25-17-6-4-5-16(24)12-17/h4-6,11-13,15,19H,3,7-10H2,1-2H3,(H,25,28)(H,26,29)/t19-/m0/s1. The van der Waals surface area contributed by atoms with Crippen molar-refractivity contribution in [3.05, 3.63) is 47.8 Å². The second-order valence-electron chi connectivity index (χ2n) is 8.30. The van der Waals surface area contributed by atoms with Gasteiger partial charge in [0.15, 0.2) is 6.10 Å². The van der Waals surface area contributed by atoms with Crippen LogP contribution in [0.15, 0.2) is 41.3 Å². The zero-order valence-corrected chi connectivity index (χ0v) is 19.2. The number of nitrogens with zero attached hydrogens (tertiary/aromatic N) is 1. The molecule has 0 radical (unpaired) electrons. The maximum Gasteiger partial charge on any atom is 0.265 e. The first kappa shape index (κ1) is 23.2. The molecule has 1 saturated heterocycles. The van der Waals surface area contributed by atoms with E-state index in [-0.39, 0.29) is 35.7 Å². The lowest BCUT2D eigenvalue weighted by Gasteiger charge is -2.32. The predicted octanol–water partition coefficient (Wildman–Crippen LogP) is 3.28. The molecular weight excluding hydrogens is 449 g/mol. The first-order valence-corrected chi connectivity index (χ1v) is 12.3. The molecule has 0 unspecified atom stereocenters. The maximum atomic E-state index is 13.4. The molecule has 0 aliphatic carbocycles. The molecule has 2 heterocycles. The topological polar surface area (TPSA) is 105 Å². The first-order chi connectivity index (χ1) is 15.7. The van der Waals surface area contributed by atoms with E-state index in [0.717, 1.165) is 0 Å². The molecule has 0 spiro atoms. The van der Waals surface area contributed by atoms with E-state index in [2.05, 4.69) is 10.6 Å². The summed E-state index contributed by atoms with van der Waals surface area (Å²) in [5, 5.41) is 5.46. The van der Waals surface area contributed by atoms with Crippen molar-refractivity contribution in [2.24, 2.45) is 5.92 Å². The molecule has 33 heavy (non-hydrogen) atoms. The summed E-state index contributed by atoms with van der Waals surface area (Å²) in [5.41, 5.74) is 1.32. The van der Waals surface area contributed by atoms with E-state index in [1.165, 1.54) is 28.6 Å². The van der Waals surface area contributed by atoms with Crippen LogP contribution < -0.4 is 15.4 Å². The van der Waals surface area contributed by atoms with Crippen LogP contribution in [-0.4, -0.2) is 43.7 Å². The normalized spacial score (nSPS) is 19.4. The van der Waals surface area contributed by atoms with Crippen molar-refractivity contribution in [1.82, 2.24) is 4.31 Å². The number of aryl methyl sites for hydroxylation is 1. The van der Waals surface area contributed by atoms with Gasteiger partial charge in [0.1, 0.15) is 11.6 Å². The smallest absolute Gasteiger partial charge is 0.265 e. The van der Waals surface area contributed by atoms with Crippen molar-refractivity contribution in [2.75, 3.05) is 23.7 Å². The highest BCUT2D eigenvalue weighted by Gasteiger charge is 2.35. The van der Waals surface area contributed by atoms with Crippen LogP contribution in [0, 0.1) is 18.7 Å². The summed E-state index contributed by atoms with van der Waals surface area (Å²) < 4.78 is 47.1. The van der Waals surface area contributed by atoms with Gasteiger partial charge < -0.3 is 15.4 Å². The number of rotatable bonds is 5. The molecule has 2 amide bonds. The van der Waals surface area contributed by atoms with Crippen LogP contribution in [0.4, 0.5) is 15.8 Å². The number of hydrogen-bond acceptors (Lipinski definition) is 5. The molecule has 2 aromatic carbocycles. The molecule has 2 aliphatic rings. The van der Waals surface area contributed by atoms with Gasteiger partial charge in [0.2, 0.25) is 15.9 Å². The lowest BCUT2D eigenvalue weighted by molar-refractivity contribution is -0.123. The van der Waals surface area contributed by atoms with E-state index in [4.69, 9.17) is 4.74 Å². The summed E-state index contributed by atoms with van der Waals surface area (Å²) in [7, 11) is -3.82. The number of benzene rings is 2. The zero-order valence-electron chi connectivity index (χ0n) is 18.4. The van der Waals surface area contributed by atoms with Gasteiger partial charge in [0, 0.05) is 30.8 Å². The largest absolute Gasteiger partial charge is 0.478 e. The third-order valence-electron chi connectivity index (χ3n) is 6.00. The minimum absolute atomic E-state index is 0.120. The van der Waals surface area contributed by atoms with E-state index >= 15 is 0 Å². The monoisotopic (exact) mass is 475 g/mol. The Kier molecular flexibility index (Phi) is 6.40. The SMILES string of the molecule is CC[C@@H]1Oc2cc(S(=O)(=O)N3CCC(C(=O)Nc4cccc(F)c4)CC3)c(C)cc2NC1=O. The van der Waals surface area contributed by atoms with Gasteiger partial charge in [0.05, 0.1) is 10.6 Å². The number of sulfonamides is 1. The Hall–Kier alpha value is -2.98. The van der Waals surface area contributed by atoms with E-state index in [9.17, 15) is 22.4 Å². The van der Waals surface area contributed by atoms with Crippen LogP contribution in [0.5, 0.6) is 5.75 Å². The zero-order chi connectivity index (χ0) is 23.8. The molecule has 2 aliphatic heterocycles. The van der Waals surface area contributed by atoms with Crippen LogP contribution >= 0.6 is 0 Å². The lowest BCUT2D eigenvalue weighted by atomic mass is 9.97. The van der Waals surface area contributed by atoms with Gasteiger partial charge in [-0.15, -0.1) is 0 Å². The van der Waals surface area contributed by atoms with Gasteiger partial charge >= 0.3 is 0 Å². The number of anilines is 2. The summed E-state index contributed by atoms with van der Waals surface area (Å²) in [4.78, 5) is 24.7. The predicted molar refractivity (Wildman–Crippen MR) is 121 cm³/mol. The number of halogens is 1. The molecule has 0 aromatic heterocycles. The van der Waals surface area contributed by atoms with E-state index in [1.54, 1.807) is 19.1 Å². The average molecular weight is 476 g/mol. The molecule has 8 nitrogen and oxygen atoms in total. The Morgan fingerprint density at radius 1 is 1.24 bits per heavy atom. The van der Waals surface area contributed by atoms with Gasteiger partial charge in [-0.05, 0) is 56.0 Å². The van der Waals surface area contributed by atoms with Crippen LogP contribution in [0.25, 0.3) is 0 Å². The summed E-state index contributed by atoms with van der Waals surface area (Å²) in [5.74, 6) is -0.984. The third-order valence-corrected chi connectivity index (χ3v) is 8.04. The van der Waals surface area contributed by atoms with E-state index in [1.807, 2.05) is 6.92 Å². The number of piperidine rings is 1. The van der Waals surface area contributed by atoms with Gasteiger partial charge in [-0.1, -0.05) is 13.0 Å². The lowest BCUT2D eigenvalue weighted by Crippen LogP contribution is -2.41. The highest BCUT2D eigenvalue weighted by molar-refractivity contribution is 7.89. The van der Waals surface area contributed by atoms with Crippen LogP contribution in [-0.2, 0) is 19.6 Å². The molecule has 0 saturated carbocycles. The summed E-state index contributed by atoms with van der Waals surface area (Å²) in [6, 6.07) is 8.72. The summed E-state index contributed by atoms with van der Waals surface area (Å²) in [6.45, 7) is 3.87. The van der Waals surface area contributed by atoms with Crippen molar-refractivity contribution >= 4 is 33.2 Å². The fourth-order valence-electron chi connectivity index (χ4n) is 4.14. The number of ether oxygens (including phenoxy) is 1. The first-order valence-electron chi connectivity index (χ1n) is 10.9. The van der Waals surface area contributed by atoms with Gasteiger partial charge in [-0.25, -0.2) is 12.8 Å². The third kappa shape index (κ3) is 4.72. The molecule has 1 atom stereocenters. The van der Waals surface area contributed by atoms with Gasteiger partial charge in [0.25, 0.3) is 5.91 Å². The fraction of sp³-hybridized carbons (Fsp3) is 0.391. The minimum atomic E-state index is -3.82. The van der Waals surface area contributed by atoms with Crippen LogP contribution in [0.2, 0.25) is 0 Å². The minimum Gasteiger partial charge on any atom is -0.478 e. The van der Waals surface area contributed by atoms with Crippen molar-refractivity contribution in [3.63, 3.8) is 0 Å². The molecular formula is C23H26FN3O5S. The van der Waals surface area contributed by atoms with Crippen molar-refractivity contribution in [1.29, 1.82) is 0 Å². The Bertz CT molecular complexity index is 1190. The molecule has 1 fully saturated rings. The number of amides is 2.